The Bertz CT molecular complexity index is 629. The van der Waals surface area contributed by atoms with Crippen LogP contribution in [0.2, 0.25) is 0 Å². The van der Waals surface area contributed by atoms with Crippen LogP contribution in [0.1, 0.15) is 29.7 Å². The second-order valence-electron chi connectivity index (χ2n) is 4.41. The van der Waals surface area contributed by atoms with Crippen LogP contribution in [0.4, 0.5) is 0 Å². The molecule has 19 heavy (non-hydrogen) atoms. The summed E-state index contributed by atoms with van der Waals surface area (Å²) in [6, 6.07) is 15.6. The molecule has 0 aliphatic heterocycles. The summed E-state index contributed by atoms with van der Waals surface area (Å²) in [6.07, 6.45) is -0.542. The number of nitrogens with zero attached hydrogens (tertiary/aromatic N) is 1. The van der Waals surface area contributed by atoms with Crippen LogP contribution in [-0.4, -0.2) is 5.11 Å². The normalized spacial score (nSPS) is 11.9. The zero-order valence-corrected chi connectivity index (χ0v) is 11.7. The highest BCUT2D eigenvalue weighted by Gasteiger charge is 2.11. The number of nitriles is 1. The van der Waals surface area contributed by atoms with Crippen LogP contribution in [0.5, 0.6) is 0 Å². The Morgan fingerprint density at radius 1 is 1.16 bits per heavy atom. The van der Waals surface area contributed by atoms with E-state index in [1.165, 1.54) is 5.56 Å². The SMILES string of the molecule is Cc1ccccc1Sc1cc(C#N)ccc1C(C)O. The molecule has 0 saturated heterocycles. The zero-order valence-electron chi connectivity index (χ0n) is 10.9. The molecule has 0 aromatic heterocycles. The molecule has 0 radical (unpaired) electrons. The number of aliphatic hydroxyl groups excluding tert-OH is 1. The van der Waals surface area contributed by atoms with Gasteiger partial charge in [-0.15, -0.1) is 0 Å². The fourth-order valence-electron chi connectivity index (χ4n) is 1.83. The molecule has 0 bridgehead atoms. The fourth-order valence-corrected chi connectivity index (χ4v) is 2.98. The third-order valence-electron chi connectivity index (χ3n) is 2.91. The molecule has 2 nitrogen and oxygen atoms in total. The molecule has 0 saturated carbocycles. The van der Waals surface area contributed by atoms with Gasteiger partial charge in [-0.1, -0.05) is 36.0 Å². The Morgan fingerprint density at radius 2 is 1.89 bits per heavy atom. The first-order valence-electron chi connectivity index (χ1n) is 6.07. The molecule has 1 N–H and O–H groups in total. The predicted octanol–water partition coefficient (Wildman–Crippen LogP) is 4.07. The summed E-state index contributed by atoms with van der Waals surface area (Å²) < 4.78 is 0. The monoisotopic (exact) mass is 269 g/mol. The summed E-state index contributed by atoms with van der Waals surface area (Å²) in [7, 11) is 0. The molecule has 2 aromatic rings. The minimum atomic E-state index is -0.542. The van der Waals surface area contributed by atoms with Crippen molar-refractivity contribution in [3.05, 3.63) is 59.2 Å². The second kappa shape index (κ2) is 5.92. The first-order chi connectivity index (χ1) is 9.11. The van der Waals surface area contributed by atoms with Crippen LogP contribution in [0, 0.1) is 18.3 Å². The molecule has 96 valence electrons. The summed E-state index contributed by atoms with van der Waals surface area (Å²) in [6.45, 7) is 3.79. The van der Waals surface area contributed by atoms with Gasteiger partial charge in [0.2, 0.25) is 0 Å². The number of hydrogen-bond acceptors (Lipinski definition) is 3. The Labute approximate surface area is 117 Å². The van der Waals surface area contributed by atoms with Crippen molar-refractivity contribution in [2.45, 2.75) is 29.7 Å². The second-order valence-corrected chi connectivity index (χ2v) is 5.49. The summed E-state index contributed by atoms with van der Waals surface area (Å²) in [5, 5.41) is 18.8. The maximum atomic E-state index is 9.82. The van der Waals surface area contributed by atoms with E-state index in [9.17, 15) is 5.11 Å². The van der Waals surface area contributed by atoms with Crippen molar-refractivity contribution in [1.82, 2.24) is 0 Å². The maximum absolute atomic E-state index is 9.82. The minimum Gasteiger partial charge on any atom is -0.389 e. The zero-order chi connectivity index (χ0) is 13.8. The van der Waals surface area contributed by atoms with Crippen LogP contribution in [-0.2, 0) is 0 Å². The van der Waals surface area contributed by atoms with Crippen molar-refractivity contribution in [3.8, 4) is 6.07 Å². The van der Waals surface area contributed by atoms with E-state index < -0.39 is 6.10 Å². The van der Waals surface area contributed by atoms with E-state index in [1.54, 1.807) is 24.8 Å². The van der Waals surface area contributed by atoms with Crippen LogP contribution in [0.15, 0.2) is 52.3 Å². The number of benzene rings is 2. The third-order valence-corrected chi connectivity index (χ3v) is 4.16. The van der Waals surface area contributed by atoms with Gasteiger partial charge in [-0.2, -0.15) is 5.26 Å². The van der Waals surface area contributed by atoms with Gasteiger partial charge in [0.15, 0.2) is 0 Å². The molecule has 0 aliphatic carbocycles. The van der Waals surface area contributed by atoms with Crippen molar-refractivity contribution in [1.29, 1.82) is 5.26 Å². The lowest BCUT2D eigenvalue weighted by Crippen LogP contribution is -1.95. The Hall–Kier alpha value is -1.76. The quantitative estimate of drug-likeness (QED) is 0.913. The largest absolute Gasteiger partial charge is 0.389 e. The van der Waals surface area contributed by atoms with Gasteiger partial charge in [-0.05, 0) is 43.2 Å². The van der Waals surface area contributed by atoms with Gasteiger partial charge in [0.1, 0.15) is 0 Å². The highest BCUT2D eigenvalue weighted by molar-refractivity contribution is 7.99. The first-order valence-corrected chi connectivity index (χ1v) is 6.89. The number of hydrogen-bond donors (Lipinski definition) is 1. The highest BCUT2D eigenvalue weighted by atomic mass is 32.2. The molecular weight excluding hydrogens is 254 g/mol. The van der Waals surface area contributed by atoms with E-state index in [1.807, 2.05) is 30.3 Å². The lowest BCUT2D eigenvalue weighted by Gasteiger charge is -2.13. The van der Waals surface area contributed by atoms with Crippen molar-refractivity contribution in [3.63, 3.8) is 0 Å². The molecule has 1 atom stereocenters. The average Bonchev–Trinajstić information content (AvgIpc) is 2.41. The maximum Gasteiger partial charge on any atom is 0.0992 e. The van der Waals surface area contributed by atoms with Gasteiger partial charge in [-0.3, -0.25) is 0 Å². The van der Waals surface area contributed by atoms with E-state index in [4.69, 9.17) is 5.26 Å². The van der Waals surface area contributed by atoms with Gasteiger partial charge < -0.3 is 5.11 Å². The lowest BCUT2D eigenvalue weighted by molar-refractivity contribution is 0.196. The van der Waals surface area contributed by atoms with E-state index in [2.05, 4.69) is 19.1 Å². The summed E-state index contributed by atoms with van der Waals surface area (Å²) in [4.78, 5) is 2.07. The molecular formula is C16H15NOS. The molecule has 0 heterocycles. The smallest absolute Gasteiger partial charge is 0.0992 e. The van der Waals surface area contributed by atoms with Crippen molar-refractivity contribution in [2.24, 2.45) is 0 Å². The summed E-state index contributed by atoms with van der Waals surface area (Å²) >= 11 is 1.59. The van der Waals surface area contributed by atoms with Crippen LogP contribution in [0.25, 0.3) is 0 Å². The highest BCUT2D eigenvalue weighted by Crippen LogP contribution is 2.35. The van der Waals surface area contributed by atoms with Crippen molar-refractivity contribution < 1.29 is 5.11 Å². The molecule has 1 unspecified atom stereocenters. The molecule has 0 amide bonds. The molecule has 0 spiro atoms. The van der Waals surface area contributed by atoms with Gasteiger partial charge in [0.25, 0.3) is 0 Å². The molecule has 0 aliphatic rings. The van der Waals surface area contributed by atoms with Crippen LogP contribution in [0.3, 0.4) is 0 Å². The molecule has 0 fully saturated rings. The Balaban J connectivity index is 2.44. The van der Waals surface area contributed by atoms with E-state index >= 15 is 0 Å². The summed E-state index contributed by atoms with van der Waals surface area (Å²) in [5.41, 5.74) is 2.65. The third kappa shape index (κ3) is 3.17. The topological polar surface area (TPSA) is 44.0 Å². The van der Waals surface area contributed by atoms with Gasteiger partial charge >= 0.3 is 0 Å². The van der Waals surface area contributed by atoms with Crippen LogP contribution >= 0.6 is 11.8 Å². The van der Waals surface area contributed by atoms with E-state index in [0.717, 1.165) is 15.4 Å². The van der Waals surface area contributed by atoms with Crippen molar-refractivity contribution >= 4 is 11.8 Å². The predicted molar refractivity (Wildman–Crippen MR) is 77.1 cm³/mol. The fraction of sp³-hybridized carbons (Fsp3) is 0.188. The molecule has 3 heteroatoms. The number of rotatable bonds is 3. The van der Waals surface area contributed by atoms with Gasteiger partial charge in [0, 0.05) is 9.79 Å². The first kappa shape index (κ1) is 13.7. The van der Waals surface area contributed by atoms with Gasteiger partial charge in [-0.25, -0.2) is 0 Å². The van der Waals surface area contributed by atoms with Gasteiger partial charge in [0.05, 0.1) is 17.7 Å². The molecule has 2 aromatic carbocycles. The average molecular weight is 269 g/mol. The number of aliphatic hydroxyl groups is 1. The van der Waals surface area contributed by atoms with Crippen molar-refractivity contribution in [2.75, 3.05) is 0 Å². The van der Waals surface area contributed by atoms with Crippen LogP contribution < -0.4 is 0 Å². The number of aryl methyl sites for hydroxylation is 1. The van der Waals surface area contributed by atoms with E-state index in [0.29, 0.717) is 5.56 Å². The lowest BCUT2D eigenvalue weighted by atomic mass is 10.1. The minimum absolute atomic E-state index is 0.542. The Morgan fingerprint density at radius 3 is 2.53 bits per heavy atom. The summed E-state index contributed by atoms with van der Waals surface area (Å²) in [5.74, 6) is 0. The van der Waals surface area contributed by atoms with E-state index in [-0.39, 0.29) is 0 Å². The standard InChI is InChI=1S/C16H15NOS/c1-11-5-3-4-6-15(11)19-16-9-13(10-17)7-8-14(16)12(2)18/h3-9,12,18H,1-2H3. The Kier molecular flexibility index (Phi) is 4.26. The molecule has 2 rings (SSSR count).